The summed E-state index contributed by atoms with van der Waals surface area (Å²) in [6.45, 7) is 0. The fourth-order valence-electron chi connectivity index (χ4n) is 0.880. The molecule has 0 amide bonds. The van der Waals surface area contributed by atoms with E-state index in [9.17, 15) is 9.59 Å². The van der Waals surface area contributed by atoms with Crippen molar-refractivity contribution in [3.8, 4) is 0 Å². The van der Waals surface area contributed by atoms with Gasteiger partial charge in [0.05, 0.1) is 14.2 Å². The second-order valence-electron chi connectivity index (χ2n) is 2.31. The lowest BCUT2D eigenvalue weighted by atomic mass is 10.2. The summed E-state index contributed by atoms with van der Waals surface area (Å²) in [7, 11) is 0.601. The molecule has 14 heavy (non-hydrogen) atoms. The van der Waals surface area contributed by atoms with Gasteiger partial charge >= 0.3 is 11.9 Å². The van der Waals surface area contributed by atoms with Crippen molar-refractivity contribution in [3.05, 3.63) is 0 Å². The molecule has 0 aliphatic carbocycles. The van der Waals surface area contributed by atoms with Gasteiger partial charge in [0.1, 0.15) is 0 Å². The Balaban J connectivity index is 2.72. The number of rotatable bonds is 2. The lowest BCUT2D eigenvalue weighted by molar-refractivity contribution is -0.160. The molecule has 8 heteroatoms. The molecular weight excluding hydrogens is 234 g/mol. The molecule has 6 nitrogen and oxygen atoms in total. The molecule has 1 saturated heterocycles. The highest BCUT2D eigenvalue weighted by Gasteiger charge is 2.47. The van der Waals surface area contributed by atoms with Crippen molar-refractivity contribution < 1.29 is 28.1 Å². The second-order valence-corrected chi connectivity index (χ2v) is 3.99. The number of ether oxygens (including phenoxy) is 2. The third-order valence-corrected chi connectivity index (χ3v) is 2.80. The summed E-state index contributed by atoms with van der Waals surface area (Å²) in [6.07, 6.45) is -2.29. The van der Waals surface area contributed by atoms with Crippen LogP contribution in [0, 0.1) is 0 Å². The number of carbonyl (C=O) groups is 2. The number of hydrogen-bond donors (Lipinski definition) is 0. The van der Waals surface area contributed by atoms with Crippen molar-refractivity contribution >= 4 is 30.9 Å². The molecule has 1 aliphatic heterocycles. The van der Waals surface area contributed by atoms with E-state index in [2.05, 4.69) is 9.47 Å². The van der Waals surface area contributed by atoms with Gasteiger partial charge in [0.2, 0.25) is 0 Å². The van der Waals surface area contributed by atoms with Crippen LogP contribution < -0.4 is 0 Å². The van der Waals surface area contributed by atoms with Crippen LogP contribution in [0.1, 0.15) is 0 Å². The Morgan fingerprint density at radius 1 is 1.14 bits per heavy atom. The third-order valence-electron chi connectivity index (χ3n) is 1.53. The van der Waals surface area contributed by atoms with E-state index in [0.717, 1.165) is 0 Å². The van der Waals surface area contributed by atoms with Gasteiger partial charge in [-0.3, -0.25) is 0 Å². The van der Waals surface area contributed by atoms with E-state index >= 15 is 0 Å². The lowest BCUT2D eigenvalue weighted by Gasteiger charge is -2.11. The minimum absolute atomic E-state index is 0.717. The fourth-order valence-corrected chi connectivity index (χ4v) is 2.19. The Kier molecular flexibility index (Phi) is 4.07. The highest BCUT2D eigenvalue weighted by atomic mass is 35.7. The van der Waals surface area contributed by atoms with Crippen LogP contribution in [-0.2, 0) is 28.1 Å². The summed E-state index contributed by atoms with van der Waals surface area (Å²) in [5.41, 5.74) is 0. The predicted octanol–water partition coefficient (Wildman–Crippen LogP) is 0.582. The molecule has 1 rings (SSSR count). The Morgan fingerprint density at radius 2 is 1.50 bits per heavy atom. The molecule has 1 heterocycles. The first-order valence-electron chi connectivity index (χ1n) is 3.55. The summed E-state index contributed by atoms with van der Waals surface area (Å²) in [4.78, 5) is 22.2. The summed E-state index contributed by atoms with van der Waals surface area (Å²) in [6, 6.07) is 0. The molecule has 0 spiro atoms. The van der Waals surface area contributed by atoms with E-state index in [1.54, 1.807) is 0 Å². The van der Waals surface area contributed by atoms with Crippen LogP contribution in [0.25, 0.3) is 0 Å². The van der Waals surface area contributed by atoms with Crippen molar-refractivity contribution in [1.82, 2.24) is 0 Å². The first-order valence-corrected chi connectivity index (χ1v) is 5.63. The number of esters is 2. The summed E-state index contributed by atoms with van der Waals surface area (Å²) >= 11 is 5.51. The van der Waals surface area contributed by atoms with Gasteiger partial charge in [-0.1, -0.05) is 0 Å². The smallest absolute Gasteiger partial charge is 0.338 e. The SMILES string of the molecule is COC(=O)[C@@H]1OP(Cl)O[C@H]1C(=O)OC. The Hall–Kier alpha value is -0.420. The van der Waals surface area contributed by atoms with Gasteiger partial charge in [0, 0.05) is 0 Å². The molecule has 0 radical (unpaired) electrons. The van der Waals surface area contributed by atoms with E-state index in [4.69, 9.17) is 20.3 Å². The molecule has 80 valence electrons. The summed E-state index contributed by atoms with van der Waals surface area (Å²) < 4.78 is 18.6. The molecule has 1 fully saturated rings. The maximum Gasteiger partial charge on any atom is 0.338 e. The fraction of sp³-hybridized carbons (Fsp3) is 0.667. The van der Waals surface area contributed by atoms with Crippen LogP contribution in [0.5, 0.6) is 0 Å². The highest BCUT2D eigenvalue weighted by molar-refractivity contribution is 7.76. The Labute approximate surface area is 86.1 Å². The molecule has 0 aromatic heterocycles. The van der Waals surface area contributed by atoms with Gasteiger partial charge in [-0.25, -0.2) is 9.59 Å². The molecule has 0 bridgehead atoms. The summed E-state index contributed by atoms with van der Waals surface area (Å²) in [5, 5.41) is 0. The van der Waals surface area contributed by atoms with Crippen molar-refractivity contribution in [3.63, 3.8) is 0 Å². The van der Waals surface area contributed by atoms with Crippen LogP contribution in [-0.4, -0.2) is 38.4 Å². The van der Waals surface area contributed by atoms with E-state index in [1.807, 2.05) is 0 Å². The van der Waals surface area contributed by atoms with Crippen molar-refractivity contribution in [1.29, 1.82) is 0 Å². The van der Waals surface area contributed by atoms with Gasteiger partial charge in [-0.2, -0.15) is 0 Å². The molecule has 0 aromatic rings. The zero-order valence-electron chi connectivity index (χ0n) is 7.43. The van der Waals surface area contributed by atoms with Crippen molar-refractivity contribution in [2.24, 2.45) is 0 Å². The number of carbonyl (C=O) groups excluding carboxylic acids is 2. The zero-order valence-corrected chi connectivity index (χ0v) is 9.08. The van der Waals surface area contributed by atoms with Crippen LogP contribution in [0.15, 0.2) is 0 Å². The molecule has 1 aliphatic rings. The third kappa shape index (κ3) is 2.33. The van der Waals surface area contributed by atoms with Gasteiger partial charge < -0.3 is 18.5 Å². The van der Waals surface area contributed by atoms with E-state index in [0.29, 0.717) is 0 Å². The van der Waals surface area contributed by atoms with Gasteiger partial charge in [0.25, 0.3) is 7.73 Å². The van der Waals surface area contributed by atoms with Crippen LogP contribution in [0.3, 0.4) is 0 Å². The molecule has 0 saturated carbocycles. The van der Waals surface area contributed by atoms with Crippen LogP contribution >= 0.6 is 19.0 Å². The number of methoxy groups -OCH3 is 2. The Morgan fingerprint density at radius 3 is 1.79 bits per heavy atom. The first-order chi connectivity index (χ1) is 6.60. The maximum absolute atomic E-state index is 11.1. The molecule has 0 N–H and O–H groups in total. The average Bonchev–Trinajstić information content (AvgIpc) is 2.58. The second kappa shape index (κ2) is 4.89. The zero-order chi connectivity index (χ0) is 10.7. The summed E-state index contributed by atoms with van der Waals surface area (Å²) in [5.74, 6) is -1.43. The minimum Gasteiger partial charge on any atom is -0.467 e. The average molecular weight is 243 g/mol. The largest absolute Gasteiger partial charge is 0.467 e. The molecule has 0 aromatic carbocycles. The standard InChI is InChI=1S/C6H8ClO6P/c1-10-5(8)3-4(6(9)11-2)13-14(7)12-3/h3-4H,1-2H3/t3-,4-/m1/s1. The highest BCUT2D eigenvalue weighted by Crippen LogP contribution is 2.52. The first kappa shape index (κ1) is 11.7. The monoisotopic (exact) mass is 242 g/mol. The quantitative estimate of drug-likeness (QED) is 0.521. The maximum atomic E-state index is 11.1. The van der Waals surface area contributed by atoms with Gasteiger partial charge in [-0.05, 0) is 11.2 Å². The molecular formula is C6H8ClO6P. The van der Waals surface area contributed by atoms with Crippen LogP contribution in [0.2, 0.25) is 0 Å². The van der Waals surface area contributed by atoms with E-state index < -0.39 is 31.9 Å². The topological polar surface area (TPSA) is 71.1 Å². The van der Waals surface area contributed by atoms with Gasteiger partial charge in [-0.15, -0.1) is 0 Å². The molecule has 2 atom stereocenters. The Bertz CT molecular complexity index is 222. The predicted molar refractivity (Wildman–Crippen MR) is 46.6 cm³/mol. The van der Waals surface area contributed by atoms with E-state index in [-0.39, 0.29) is 0 Å². The number of hydrogen-bond acceptors (Lipinski definition) is 6. The van der Waals surface area contributed by atoms with Crippen molar-refractivity contribution in [2.75, 3.05) is 14.2 Å². The molecule has 0 unspecified atom stereocenters. The van der Waals surface area contributed by atoms with E-state index in [1.165, 1.54) is 14.2 Å². The number of halogens is 1. The van der Waals surface area contributed by atoms with Gasteiger partial charge in [0.15, 0.2) is 12.2 Å². The minimum atomic E-state index is -1.75. The van der Waals surface area contributed by atoms with Crippen molar-refractivity contribution in [2.45, 2.75) is 12.2 Å². The lowest BCUT2D eigenvalue weighted by Crippen LogP contribution is -2.38. The normalized spacial score (nSPS) is 27.4. The van der Waals surface area contributed by atoms with Crippen LogP contribution in [0.4, 0.5) is 0 Å².